The Bertz CT molecular complexity index is 664. The number of rotatable bonds is 6. The van der Waals surface area contributed by atoms with Crippen LogP contribution in [0.2, 0.25) is 5.02 Å². The third-order valence-electron chi connectivity index (χ3n) is 2.98. The summed E-state index contributed by atoms with van der Waals surface area (Å²) in [6.07, 6.45) is 4.07. The predicted octanol–water partition coefficient (Wildman–Crippen LogP) is 0.537. The number of nitrogens with zero attached hydrogens (tertiary/aromatic N) is 2. The van der Waals surface area contributed by atoms with Crippen molar-refractivity contribution in [2.45, 2.75) is 12.6 Å². The van der Waals surface area contributed by atoms with E-state index in [2.05, 4.69) is 20.6 Å². The molecule has 23 heavy (non-hydrogen) atoms. The van der Waals surface area contributed by atoms with Gasteiger partial charge in [-0.05, 0) is 17.7 Å². The molecule has 1 aromatic heterocycles. The summed E-state index contributed by atoms with van der Waals surface area (Å²) in [5.41, 5.74) is 0.913. The van der Waals surface area contributed by atoms with Crippen LogP contribution in [0.25, 0.3) is 0 Å². The number of carbonyl (C=O) groups is 2. The monoisotopic (exact) mass is 334 g/mol. The van der Waals surface area contributed by atoms with Gasteiger partial charge in [0.05, 0.1) is 12.8 Å². The van der Waals surface area contributed by atoms with Crippen molar-refractivity contribution in [1.82, 2.24) is 20.6 Å². The Morgan fingerprint density at radius 1 is 1.22 bits per heavy atom. The SMILES string of the molecule is O=C(N[C@@H](CO)C(=O)NCc1ccc(Cl)cc1)c1cnccn1. The van der Waals surface area contributed by atoms with E-state index in [1.54, 1.807) is 24.3 Å². The lowest BCUT2D eigenvalue weighted by Gasteiger charge is -2.16. The molecular weight excluding hydrogens is 320 g/mol. The van der Waals surface area contributed by atoms with Gasteiger partial charge in [0, 0.05) is 24.0 Å². The van der Waals surface area contributed by atoms with Crippen molar-refractivity contribution >= 4 is 23.4 Å². The zero-order valence-electron chi connectivity index (χ0n) is 12.1. The minimum absolute atomic E-state index is 0.0662. The Kier molecular flexibility index (Phi) is 6.02. The van der Waals surface area contributed by atoms with Gasteiger partial charge in [-0.2, -0.15) is 0 Å². The van der Waals surface area contributed by atoms with E-state index < -0.39 is 24.5 Å². The molecule has 0 unspecified atom stereocenters. The van der Waals surface area contributed by atoms with Gasteiger partial charge in [0.1, 0.15) is 11.7 Å². The van der Waals surface area contributed by atoms with E-state index in [1.165, 1.54) is 18.6 Å². The molecular formula is C15H15ClN4O3. The van der Waals surface area contributed by atoms with E-state index in [9.17, 15) is 14.7 Å². The van der Waals surface area contributed by atoms with Crippen LogP contribution < -0.4 is 10.6 Å². The van der Waals surface area contributed by atoms with Gasteiger partial charge in [-0.3, -0.25) is 14.6 Å². The Balaban J connectivity index is 1.90. The fourth-order valence-electron chi connectivity index (χ4n) is 1.76. The number of halogens is 1. The minimum Gasteiger partial charge on any atom is -0.394 e. The van der Waals surface area contributed by atoms with Crippen LogP contribution >= 0.6 is 11.6 Å². The number of carbonyl (C=O) groups excluding carboxylic acids is 2. The van der Waals surface area contributed by atoms with Crippen molar-refractivity contribution in [2.75, 3.05) is 6.61 Å². The van der Waals surface area contributed by atoms with Gasteiger partial charge in [-0.15, -0.1) is 0 Å². The number of hydrogen-bond donors (Lipinski definition) is 3. The summed E-state index contributed by atoms with van der Waals surface area (Å²) in [7, 11) is 0. The molecule has 0 bridgehead atoms. The quantitative estimate of drug-likeness (QED) is 0.715. The number of nitrogens with one attached hydrogen (secondary N) is 2. The van der Waals surface area contributed by atoms with Crippen molar-refractivity contribution < 1.29 is 14.7 Å². The van der Waals surface area contributed by atoms with Crippen LogP contribution in [0.5, 0.6) is 0 Å². The van der Waals surface area contributed by atoms with Crippen LogP contribution in [0.4, 0.5) is 0 Å². The lowest BCUT2D eigenvalue weighted by atomic mass is 10.2. The third kappa shape index (κ3) is 5.01. The summed E-state index contributed by atoms with van der Waals surface area (Å²) in [6, 6.07) is 5.89. The highest BCUT2D eigenvalue weighted by atomic mass is 35.5. The Morgan fingerprint density at radius 3 is 2.57 bits per heavy atom. The molecule has 0 aliphatic carbocycles. The average molecular weight is 335 g/mol. The van der Waals surface area contributed by atoms with Crippen molar-refractivity contribution in [2.24, 2.45) is 0 Å². The van der Waals surface area contributed by atoms with Crippen LogP contribution in [-0.2, 0) is 11.3 Å². The van der Waals surface area contributed by atoms with E-state index in [0.717, 1.165) is 5.56 Å². The molecule has 0 aliphatic heterocycles. The van der Waals surface area contributed by atoms with E-state index in [0.29, 0.717) is 5.02 Å². The summed E-state index contributed by atoms with van der Waals surface area (Å²) in [6.45, 7) is -0.272. The minimum atomic E-state index is -1.07. The van der Waals surface area contributed by atoms with Crippen molar-refractivity contribution in [1.29, 1.82) is 0 Å². The van der Waals surface area contributed by atoms with Gasteiger partial charge in [0.25, 0.3) is 5.91 Å². The Labute approximate surface area is 137 Å². The first kappa shape index (κ1) is 16.9. The molecule has 0 saturated heterocycles. The first-order valence-corrected chi connectivity index (χ1v) is 7.18. The normalized spacial score (nSPS) is 11.6. The molecule has 120 valence electrons. The lowest BCUT2D eigenvalue weighted by Crippen LogP contribution is -2.48. The van der Waals surface area contributed by atoms with Gasteiger partial charge in [-0.25, -0.2) is 4.98 Å². The molecule has 0 radical (unpaired) electrons. The Hall–Kier alpha value is -2.51. The van der Waals surface area contributed by atoms with Crippen molar-refractivity contribution in [3.8, 4) is 0 Å². The van der Waals surface area contributed by atoms with Gasteiger partial charge in [-0.1, -0.05) is 23.7 Å². The molecule has 0 aliphatic rings. The van der Waals surface area contributed by atoms with Crippen LogP contribution in [0, 0.1) is 0 Å². The third-order valence-corrected chi connectivity index (χ3v) is 3.23. The molecule has 2 rings (SSSR count). The van der Waals surface area contributed by atoms with Crippen LogP contribution in [-0.4, -0.2) is 39.5 Å². The molecule has 1 aromatic carbocycles. The fourth-order valence-corrected chi connectivity index (χ4v) is 1.88. The molecule has 0 saturated carbocycles. The van der Waals surface area contributed by atoms with E-state index in [1.807, 2.05) is 0 Å². The molecule has 1 heterocycles. The highest BCUT2D eigenvalue weighted by molar-refractivity contribution is 6.30. The van der Waals surface area contributed by atoms with Gasteiger partial charge < -0.3 is 15.7 Å². The standard InChI is InChI=1S/C15H15ClN4O3/c16-11-3-1-10(2-4-11)7-19-14(22)13(9-21)20-15(23)12-8-17-5-6-18-12/h1-6,8,13,21H,7,9H2,(H,19,22)(H,20,23)/t13-/m0/s1. The van der Waals surface area contributed by atoms with Crippen LogP contribution in [0.1, 0.15) is 16.1 Å². The number of aliphatic hydroxyl groups is 1. The highest BCUT2D eigenvalue weighted by Gasteiger charge is 2.21. The van der Waals surface area contributed by atoms with Gasteiger partial charge in [0.2, 0.25) is 5.91 Å². The largest absolute Gasteiger partial charge is 0.394 e. The molecule has 2 amide bonds. The molecule has 3 N–H and O–H groups in total. The first-order valence-electron chi connectivity index (χ1n) is 6.80. The summed E-state index contributed by atoms with van der Waals surface area (Å²) in [5, 5.41) is 14.9. The highest BCUT2D eigenvalue weighted by Crippen LogP contribution is 2.09. The van der Waals surface area contributed by atoms with Crippen molar-refractivity contribution in [3.63, 3.8) is 0 Å². The van der Waals surface area contributed by atoms with Crippen LogP contribution in [0.3, 0.4) is 0 Å². The Morgan fingerprint density at radius 2 is 1.96 bits per heavy atom. The van der Waals surface area contributed by atoms with Gasteiger partial charge >= 0.3 is 0 Å². The lowest BCUT2D eigenvalue weighted by molar-refractivity contribution is -0.124. The summed E-state index contributed by atoms with van der Waals surface area (Å²) < 4.78 is 0. The number of hydrogen-bond acceptors (Lipinski definition) is 5. The second-order valence-corrected chi connectivity index (χ2v) is 5.08. The maximum absolute atomic E-state index is 12.0. The summed E-state index contributed by atoms with van der Waals surface area (Å²) >= 11 is 5.78. The van der Waals surface area contributed by atoms with Gasteiger partial charge in [0.15, 0.2) is 0 Å². The topological polar surface area (TPSA) is 104 Å². The second-order valence-electron chi connectivity index (χ2n) is 4.64. The zero-order valence-corrected chi connectivity index (χ0v) is 12.8. The number of aromatic nitrogens is 2. The number of amides is 2. The maximum Gasteiger partial charge on any atom is 0.272 e. The van der Waals surface area contributed by atoms with E-state index in [-0.39, 0.29) is 12.2 Å². The molecule has 8 heteroatoms. The molecule has 0 spiro atoms. The fraction of sp³-hybridized carbons (Fsp3) is 0.200. The molecule has 0 fully saturated rings. The molecule has 2 aromatic rings. The maximum atomic E-state index is 12.0. The average Bonchev–Trinajstić information content (AvgIpc) is 2.59. The van der Waals surface area contributed by atoms with Crippen LogP contribution in [0.15, 0.2) is 42.9 Å². The number of benzene rings is 1. The zero-order chi connectivity index (χ0) is 16.7. The predicted molar refractivity (Wildman–Crippen MR) is 83.7 cm³/mol. The summed E-state index contributed by atoms with van der Waals surface area (Å²) in [4.78, 5) is 31.5. The molecule has 7 nitrogen and oxygen atoms in total. The van der Waals surface area contributed by atoms with Crippen molar-refractivity contribution in [3.05, 3.63) is 59.1 Å². The molecule has 1 atom stereocenters. The summed E-state index contributed by atoms with van der Waals surface area (Å²) in [5.74, 6) is -1.08. The first-order chi connectivity index (χ1) is 11.1. The second kappa shape index (κ2) is 8.21. The smallest absolute Gasteiger partial charge is 0.272 e. The number of aliphatic hydroxyl groups excluding tert-OH is 1. The van der Waals surface area contributed by atoms with E-state index in [4.69, 9.17) is 11.6 Å². The van der Waals surface area contributed by atoms with E-state index >= 15 is 0 Å².